The highest BCUT2D eigenvalue weighted by atomic mass is 19.3. The first-order valence-corrected chi connectivity index (χ1v) is 10.6. The van der Waals surface area contributed by atoms with Gasteiger partial charge in [-0.3, -0.25) is 24.1 Å². The van der Waals surface area contributed by atoms with E-state index in [9.17, 15) is 28.0 Å². The number of alkyl halides is 2. The van der Waals surface area contributed by atoms with Gasteiger partial charge in [0, 0.05) is 22.6 Å². The van der Waals surface area contributed by atoms with Crippen LogP contribution in [0.25, 0.3) is 5.69 Å². The molecule has 0 radical (unpaired) electrons. The molecule has 180 valence electrons. The Bertz CT molecular complexity index is 1300. The Labute approximate surface area is 198 Å². The predicted octanol–water partition coefficient (Wildman–Crippen LogP) is 3.72. The van der Waals surface area contributed by atoms with Crippen molar-refractivity contribution in [2.75, 3.05) is 13.2 Å². The molecule has 4 rings (SSSR count). The summed E-state index contributed by atoms with van der Waals surface area (Å²) in [6.45, 7) is -0.648. The van der Waals surface area contributed by atoms with Crippen molar-refractivity contribution < 1.29 is 37.4 Å². The average molecular weight is 482 g/mol. The fraction of sp³-hybridized carbons (Fsp3) is 0.200. The molecule has 0 saturated heterocycles. The molecule has 1 aromatic heterocycles. The second-order valence-electron chi connectivity index (χ2n) is 7.82. The second kappa shape index (κ2) is 9.49. The molecule has 0 atom stereocenters. The zero-order chi connectivity index (χ0) is 25.3. The lowest BCUT2D eigenvalue weighted by Gasteiger charge is -2.13. The van der Waals surface area contributed by atoms with Gasteiger partial charge in [0.25, 0.3) is 11.8 Å². The third-order valence-corrected chi connectivity index (χ3v) is 5.58. The molecule has 10 heteroatoms. The van der Waals surface area contributed by atoms with Gasteiger partial charge in [-0.25, -0.2) is 0 Å². The Hall–Kier alpha value is -4.34. The van der Waals surface area contributed by atoms with E-state index in [1.165, 1.54) is 24.3 Å². The zero-order valence-corrected chi connectivity index (χ0v) is 18.8. The minimum absolute atomic E-state index is 0.00693. The van der Waals surface area contributed by atoms with Gasteiger partial charge in [0.2, 0.25) is 5.78 Å². The summed E-state index contributed by atoms with van der Waals surface area (Å²) >= 11 is 0. The van der Waals surface area contributed by atoms with E-state index in [1.807, 2.05) is 0 Å². The first-order chi connectivity index (χ1) is 16.7. The predicted molar refractivity (Wildman–Crippen MR) is 119 cm³/mol. The van der Waals surface area contributed by atoms with Crippen LogP contribution in [0.15, 0.2) is 54.6 Å². The molecule has 1 aliphatic rings. The highest BCUT2D eigenvalue weighted by molar-refractivity contribution is 6.22. The SMILES string of the molecule is Cc1cc(C(=O)COC(=O)CN2C(=O)c3ccccc3C2=O)c(C)n1-c1ccc(OC(F)F)cc1. The number of carbonyl (C=O) groups excluding carboxylic acids is 4. The first-order valence-electron chi connectivity index (χ1n) is 10.6. The van der Waals surface area contributed by atoms with E-state index < -0.39 is 43.3 Å². The summed E-state index contributed by atoms with van der Waals surface area (Å²) in [6, 6.07) is 13.8. The highest BCUT2D eigenvalue weighted by Crippen LogP contribution is 2.25. The van der Waals surface area contributed by atoms with Crippen molar-refractivity contribution >= 4 is 23.6 Å². The fourth-order valence-corrected chi connectivity index (χ4v) is 4.00. The minimum Gasteiger partial charge on any atom is -0.456 e. The summed E-state index contributed by atoms with van der Waals surface area (Å²) in [7, 11) is 0. The summed E-state index contributed by atoms with van der Waals surface area (Å²) in [4.78, 5) is 50.6. The molecule has 0 bridgehead atoms. The standard InChI is InChI=1S/C25H20F2N2O6/c1-14-11-20(15(2)29(14)16-7-9-17(10-8-16)35-25(26)27)21(30)13-34-22(31)12-28-23(32)18-5-3-4-6-19(18)24(28)33/h3-11,25H,12-13H2,1-2H3. The van der Waals surface area contributed by atoms with Gasteiger partial charge in [-0.15, -0.1) is 0 Å². The first kappa shape index (κ1) is 23.8. The lowest BCUT2D eigenvalue weighted by atomic mass is 10.1. The van der Waals surface area contributed by atoms with E-state index in [0.29, 0.717) is 22.6 Å². The maximum Gasteiger partial charge on any atom is 0.387 e. The van der Waals surface area contributed by atoms with Crippen molar-refractivity contribution in [3.05, 3.63) is 82.7 Å². The van der Waals surface area contributed by atoms with Crippen LogP contribution in [-0.2, 0) is 9.53 Å². The number of ether oxygens (including phenoxy) is 2. The maximum absolute atomic E-state index is 12.7. The number of aryl methyl sites for hydroxylation is 1. The van der Waals surface area contributed by atoms with Crippen LogP contribution in [0.2, 0.25) is 0 Å². The molecule has 0 fully saturated rings. The van der Waals surface area contributed by atoms with Crippen molar-refractivity contribution in [1.29, 1.82) is 0 Å². The number of rotatable bonds is 8. The van der Waals surface area contributed by atoms with Crippen LogP contribution < -0.4 is 4.74 Å². The van der Waals surface area contributed by atoms with Gasteiger partial charge in [0.05, 0.1) is 11.1 Å². The van der Waals surface area contributed by atoms with Crippen LogP contribution in [0.1, 0.15) is 42.5 Å². The van der Waals surface area contributed by atoms with Crippen LogP contribution in [0.3, 0.4) is 0 Å². The minimum atomic E-state index is -2.93. The second-order valence-corrected chi connectivity index (χ2v) is 7.82. The molecule has 8 nitrogen and oxygen atoms in total. The molecule has 3 aromatic rings. The number of aromatic nitrogens is 1. The molecule has 2 aromatic carbocycles. The number of hydrogen-bond acceptors (Lipinski definition) is 6. The Morgan fingerprint density at radius 1 is 0.943 bits per heavy atom. The van der Waals surface area contributed by atoms with E-state index >= 15 is 0 Å². The smallest absolute Gasteiger partial charge is 0.387 e. The van der Waals surface area contributed by atoms with Crippen LogP contribution in [0.4, 0.5) is 8.78 Å². The molecule has 0 spiro atoms. The Kier molecular flexibility index (Phi) is 6.46. The number of esters is 1. The van der Waals surface area contributed by atoms with Crippen LogP contribution in [-0.4, -0.2) is 52.8 Å². The maximum atomic E-state index is 12.7. The van der Waals surface area contributed by atoms with Crippen molar-refractivity contribution in [1.82, 2.24) is 9.47 Å². The third kappa shape index (κ3) is 4.68. The summed E-state index contributed by atoms with van der Waals surface area (Å²) < 4.78 is 35.9. The van der Waals surface area contributed by atoms with E-state index in [0.717, 1.165) is 4.90 Å². The number of carbonyl (C=O) groups is 4. The fourth-order valence-electron chi connectivity index (χ4n) is 4.00. The number of hydrogen-bond donors (Lipinski definition) is 0. The Morgan fingerprint density at radius 3 is 2.11 bits per heavy atom. The number of Topliss-reactive ketones (excluding diaryl/α,β-unsaturated/α-hetero) is 1. The number of fused-ring (bicyclic) bond motifs is 1. The van der Waals surface area contributed by atoms with Gasteiger partial charge in [-0.05, 0) is 56.3 Å². The number of nitrogens with zero attached hydrogens (tertiary/aromatic N) is 2. The number of halogens is 2. The molecule has 2 heterocycles. The number of ketones is 1. The Morgan fingerprint density at radius 2 is 1.54 bits per heavy atom. The normalized spacial score (nSPS) is 12.8. The number of imide groups is 1. The summed E-state index contributed by atoms with van der Waals surface area (Å²) in [5.74, 6) is -2.55. The zero-order valence-electron chi connectivity index (χ0n) is 18.8. The summed E-state index contributed by atoms with van der Waals surface area (Å²) in [5, 5.41) is 0. The topological polar surface area (TPSA) is 94.9 Å². The van der Waals surface area contributed by atoms with Crippen molar-refractivity contribution in [3.63, 3.8) is 0 Å². The van der Waals surface area contributed by atoms with Crippen LogP contribution in [0, 0.1) is 13.8 Å². The monoisotopic (exact) mass is 482 g/mol. The van der Waals surface area contributed by atoms with E-state index in [1.54, 1.807) is 48.7 Å². The van der Waals surface area contributed by atoms with Gasteiger partial charge in [-0.1, -0.05) is 12.1 Å². The van der Waals surface area contributed by atoms with Gasteiger partial charge in [0.1, 0.15) is 12.3 Å². The van der Waals surface area contributed by atoms with Gasteiger partial charge < -0.3 is 14.0 Å². The number of amides is 2. The lowest BCUT2D eigenvalue weighted by molar-refractivity contribution is -0.142. The van der Waals surface area contributed by atoms with Crippen LogP contribution >= 0.6 is 0 Å². The van der Waals surface area contributed by atoms with Crippen molar-refractivity contribution in [2.45, 2.75) is 20.5 Å². The molecule has 0 unspecified atom stereocenters. The quantitative estimate of drug-likeness (QED) is 0.276. The van der Waals surface area contributed by atoms with E-state index in [-0.39, 0.29) is 16.9 Å². The molecule has 0 aliphatic carbocycles. The largest absolute Gasteiger partial charge is 0.456 e. The lowest BCUT2D eigenvalue weighted by Crippen LogP contribution is -2.36. The number of benzene rings is 2. The van der Waals surface area contributed by atoms with Gasteiger partial charge in [0.15, 0.2) is 6.61 Å². The third-order valence-electron chi connectivity index (χ3n) is 5.58. The Balaban J connectivity index is 1.40. The summed E-state index contributed by atoms with van der Waals surface area (Å²) in [5.41, 5.74) is 2.62. The molecule has 0 saturated carbocycles. The van der Waals surface area contributed by atoms with E-state index in [2.05, 4.69) is 4.74 Å². The van der Waals surface area contributed by atoms with E-state index in [4.69, 9.17) is 4.74 Å². The van der Waals surface area contributed by atoms with Gasteiger partial charge in [-0.2, -0.15) is 8.78 Å². The molecule has 2 amide bonds. The molecule has 35 heavy (non-hydrogen) atoms. The summed E-state index contributed by atoms with van der Waals surface area (Å²) in [6.07, 6.45) is 0. The van der Waals surface area contributed by atoms with Gasteiger partial charge >= 0.3 is 12.6 Å². The van der Waals surface area contributed by atoms with Crippen molar-refractivity contribution in [2.24, 2.45) is 0 Å². The average Bonchev–Trinajstić information content (AvgIpc) is 3.26. The highest BCUT2D eigenvalue weighted by Gasteiger charge is 2.36. The van der Waals surface area contributed by atoms with Crippen molar-refractivity contribution in [3.8, 4) is 11.4 Å². The molecule has 0 N–H and O–H groups in total. The molecular weight excluding hydrogens is 462 g/mol. The molecular formula is C25H20F2N2O6. The van der Waals surface area contributed by atoms with Crippen LogP contribution in [0.5, 0.6) is 5.75 Å². The molecule has 1 aliphatic heterocycles.